The quantitative estimate of drug-likeness (QED) is 0.385. The summed E-state index contributed by atoms with van der Waals surface area (Å²) in [6, 6.07) is 5.54. The zero-order valence-corrected chi connectivity index (χ0v) is 15.8. The summed E-state index contributed by atoms with van der Waals surface area (Å²) < 4.78 is 177. The van der Waals surface area contributed by atoms with E-state index in [-0.39, 0.29) is 0 Å². The van der Waals surface area contributed by atoms with E-state index in [4.69, 9.17) is 5.26 Å². The first-order chi connectivity index (χ1) is 14.1. The molecule has 0 aliphatic rings. The first kappa shape index (κ1) is 27.8. The van der Waals surface area contributed by atoms with Crippen LogP contribution in [0, 0.1) is 11.3 Å². The van der Waals surface area contributed by atoms with Crippen LogP contribution in [0.3, 0.4) is 0 Å². The molecule has 0 saturated heterocycles. The number of halogens is 13. The molecule has 0 spiro atoms. The number of benzene rings is 1. The average Bonchev–Trinajstić information content (AvgIpc) is 2.65. The summed E-state index contributed by atoms with van der Waals surface area (Å²) in [6.07, 6.45) is -10.1. The molecule has 0 amide bonds. The van der Waals surface area contributed by atoms with Crippen LogP contribution in [0.2, 0.25) is 0 Å². The molecule has 0 aliphatic heterocycles. The van der Waals surface area contributed by atoms with Crippen molar-refractivity contribution in [3.63, 3.8) is 0 Å². The van der Waals surface area contributed by atoms with Crippen LogP contribution in [0.25, 0.3) is 0 Å². The van der Waals surface area contributed by atoms with Gasteiger partial charge < -0.3 is 4.74 Å². The summed E-state index contributed by atoms with van der Waals surface area (Å²) in [6.45, 7) is 0.563. The summed E-state index contributed by atoms with van der Waals surface area (Å²) in [5.41, 5.74) is -3.86. The highest BCUT2D eigenvalue weighted by atomic mass is 19.4. The molecule has 0 aliphatic carbocycles. The van der Waals surface area contributed by atoms with Crippen molar-refractivity contribution >= 4 is 0 Å². The van der Waals surface area contributed by atoms with Crippen molar-refractivity contribution in [1.82, 2.24) is 0 Å². The molecule has 0 heterocycles. The standard InChI is InChI=1S/C17H12F13NO/c1-11(32-2,10-6-4-3-5-9(10)7-31)8-12(18,19)13(20,21)14(22,23)15(24,25)16(26,27)17(28,29)30/h3-6H,8H2,1-2H3. The van der Waals surface area contributed by atoms with E-state index in [1.807, 2.05) is 0 Å². The molecule has 0 aromatic heterocycles. The maximum absolute atomic E-state index is 14.3. The summed E-state index contributed by atoms with van der Waals surface area (Å²) in [4.78, 5) is 0. The Bertz CT molecular complexity index is 872. The molecule has 0 N–H and O–H groups in total. The molecule has 1 unspecified atom stereocenters. The van der Waals surface area contributed by atoms with Gasteiger partial charge in [-0.15, -0.1) is 0 Å². The normalized spacial score (nSPS) is 16.4. The Morgan fingerprint density at radius 1 is 0.750 bits per heavy atom. The number of methoxy groups -OCH3 is 1. The fraction of sp³-hybridized carbons (Fsp3) is 0.588. The lowest BCUT2D eigenvalue weighted by atomic mass is 9.82. The monoisotopic (exact) mass is 493 g/mol. The van der Waals surface area contributed by atoms with Crippen LogP contribution in [0.4, 0.5) is 57.1 Å². The number of rotatable bonds is 8. The SMILES string of the molecule is COC(C)(CC(F)(F)C(F)(F)C(F)(F)C(F)(F)C(F)(F)C(F)(F)F)c1ccccc1C#N. The topological polar surface area (TPSA) is 33.0 Å². The second-order valence-electron chi connectivity index (χ2n) is 6.77. The Labute approximate surface area is 171 Å². The van der Waals surface area contributed by atoms with Gasteiger partial charge in [-0.25, -0.2) is 0 Å². The number of hydrogen-bond acceptors (Lipinski definition) is 2. The minimum absolute atomic E-state index is 0.489. The Hall–Kier alpha value is -2.24. The van der Waals surface area contributed by atoms with Crippen molar-refractivity contribution in [2.75, 3.05) is 7.11 Å². The van der Waals surface area contributed by atoms with Gasteiger partial charge in [-0.1, -0.05) is 18.2 Å². The molecule has 182 valence electrons. The first-order valence-electron chi connectivity index (χ1n) is 8.08. The maximum Gasteiger partial charge on any atom is 0.460 e. The van der Waals surface area contributed by atoms with E-state index in [0.717, 1.165) is 18.2 Å². The number of nitriles is 1. The van der Waals surface area contributed by atoms with Gasteiger partial charge in [0.1, 0.15) is 0 Å². The van der Waals surface area contributed by atoms with E-state index >= 15 is 0 Å². The molecule has 15 heteroatoms. The Balaban J connectivity index is 3.59. The van der Waals surface area contributed by atoms with Gasteiger partial charge in [0, 0.05) is 12.7 Å². The third kappa shape index (κ3) is 3.97. The van der Waals surface area contributed by atoms with E-state index < -0.39 is 58.9 Å². The summed E-state index contributed by atoms with van der Waals surface area (Å²) in [5.74, 6) is -37.4. The highest BCUT2D eigenvalue weighted by Gasteiger charge is 2.90. The van der Waals surface area contributed by atoms with Gasteiger partial charge >= 0.3 is 35.8 Å². The van der Waals surface area contributed by atoms with Gasteiger partial charge in [0.05, 0.1) is 23.7 Å². The predicted octanol–water partition coefficient (Wildman–Crippen LogP) is 6.55. The molecule has 1 aromatic rings. The number of ether oxygens (including phenoxy) is 1. The van der Waals surface area contributed by atoms with E-state index in [0.29, 0.717) is 14.0 Å². The molecule has 0 radical (unpaired) electrons. The number of nitrogens with zero attached hydrogens (tertiary/aromatic N) is 1. The highest BCUT2D eigenvalue weighted by Crippen LogP contribution is 2.61. The van der Waals surface area contributed by atoms with Crippen LogP contribution in [0.15, 0.2) is 24.3 Å². The van der Waals surface area contributed by atoms with Crippen molar-refractivity contribution < 1.29 is 61.8 Å². The third-order valence-electron chi connectivity index (χ3n) is 4.63. The summed E-state index contributed by atoms with van der Waals surface area (Å²) in [5, 5.41) is 8.99. The molecule has 0 bridgehead atoms. The van der Waals surface area contributed by atoms with Gasteiger partial charge in [0.2, 0.25) is 0 Å². The molecule has 1 aromatic carbocycles. The fourth-order valence-electron chi connectivity index (χ4n) is 2.66. The second kappa shape index (κ2) is 7.96. The molecular formula is C17H12F13NO. The van der Waals surface area contributed by atoms with E-state index in [1.165, 1.54) is 12.1 Å². The molecule has 1 atom stereocenters. The van der Waals surface area contributed by atoms with Crippen molar-refractivity contribution in [3.05, 3.63) is 35.4 Å². The molecule has 0 fully saturated rings. The van der Waals surface area contributed by atoms with E-state index in [1.54, 1.807) is 0 Å². The van der Waals surface area contributed by atoms with Gasteiger partial charge in [0.25, 0.3) is 0 Å². The lowest BCUT2D eigenvalue weighted by molar-refractivity contribution is -0.441. The molecule has 2 nitrogen and oxygen atoms in total. The second-order valence-corrected chi connectivity index (χ2v) is 6.77. The van der Waals surface area contributed by atoms with Gasteiger partial charge in [-0.05, 0) is 13.0 Å². The van der Waals surface area contributed by atoms with Crippen molar-refractivity contribution in [2.45, 2.75) is 54.7 Å². The molecule has 32 heavy (non-hydrogen) atoms. The third-order valence-corrected chi connectivity index (χ3v) is 4.63. The van der Waals surface area contributed by atoms with Crippen LogP contribution in [0.1, 0.15) is 24.5 Å². The molecule has 0 saturated carbocycles. The van der Waals surface area contributed by atoms with Crippen molar-refractivity contribution in [3.8, 4) is 6.07 Å². The zero-order chi connectivity index (χ0) is 25.6. The lowest BCUT2D eigenvalue weighted by Gasteiger charge is -2.42. The fourth-order valence-corrected chi connectivity index (χ4v) is 2.66. The van der Waals surface area contributed by atoms with Crippen molar-refractivity contribution in [2.24, 2.45) is 0 Å². The maximum atomic E-state index is 14.3. The minimum Gasteiger partial charge on any atom is -0.374 e. The number of hydrogen-bond donors (Lipinski definition) is 0. The highest BCUT2D eigenvalue weighted by molar-refractivity contribution is 5.41. The van der Waals surface area contributed by atoms with Crippen LogP contribution in [-0.4, -0.2) is 42.9 Å². The predicted molar refractivity (Wildman–Crippen MR) is 80.9 cm³/mol. The Morgan fingerprint density at radius 2 is 1.19 bits per heavy atom. The Kier molecular flexibility index (Phi) is 6.92. The van der Waals surface area contributed by atoms with Crippen molar-refractivity contribution in [1.29, 1.82) is 5.26 Å². The van der Waals surface area contributed by atoms with Crippen LogP contribution in [0.5, 0.6) is 0 Å². The van der Waals surface area contributed by atoms with Crippen LogP contribution in [-0.2, 0) is 10.3 Å². The minimum atomic E-state index is -7.97. The van der Waals surface area contributed by atoms with Crippen LogP contribution >= 0.6 is 0 Å². The lowest BCUT2D eigenvalue weighted by Crippen LogP contribution is -2.70. The summed E-state index contributed by atoms with van der Waals surface area (Å²) in [7, 11) is 0.590. The first-order valence-corrected chi connectivity index (χ1v) is 8.08. The van der Waals surface area contributed by atoms with Gasteiger partial charge in [-0.3, -0.25) is 0 Å². The smallest absolute Gasteiger partial charge is 0.374 e. The van der Waals surface area contributed by atoms with Gasteiger partial charge in [-0.2, -0.15) is 62.3 Å². The summed E-state index contributed by atoms with van der Waals surface area (Å²) >= 11 is 0. The Morgan fingerprint density at radius 3 is 1.59 bits per heavy atom. The van der Waals surface area contributed by atoms with Crippen LogP contribution < -0.4 is 0 Å². The molecule has 1 rings (SSSR count). The molecular weight excluding hydrogens is 481 g/mol. The average molecular weight is 493 g/mol. The van der Waals surface area contributed by atoms with Gasteiger partial charge in [0.15, 0.2) is 0 Å². The van der Waals surface area contributed by atoms with E-state index in [9.17, 15) is 57.1 Å². The number of alkyl halides is 13. The largest absolute Gasteiger partial charge is 0.460 e. The zero-order valence-electron chi connectivity index (χ0n) is 15.8. The van der Waals surface area contributed by atoms with E-state index in [2.05, 4.69) is 4.74 Å².